The molecule has 0 heterocycles. The highest BCUT2D eigenvalue weighted by atomic mass is 32.2. The Labute approximate surface area is 370 Å². The fourth-order valence-electron chi connectivity index (χ4n) is 7.68. The summed E-state index contributed by atoms with van der Waals surface area (Å²) in [4.78, 5) is 27.8. The van der Waals surface area contributed by atoms with Crippen molar-refractivity contribution in [1.82, 2.24) is 0 Å². The number of carbonyl (C=O) groups excluding carboxylic acids is 2. The second-order valence-electron chi connectivity index (χ2n) is 16.8. The lowest BCUT2D eigenvalue weighted by atomic mass is 9.52. The van der Waals surface area contributed by atoms with E-state index in [0.29, 0.717) is 18.3 Å². The van der Waals surface area contributed by atoms with E-state index in [1.165, 1.54) is 28.0 Å². The van der Waals surface area contributed by atoms with Gasteiger partial charge in [-0.05, 0) is 121 Å². The van der Waals surface area contributed by atoms with Crippen molar-refractivity contribution in [3.63, 3.8) is 0 Å². The molecule has 15 heteroatoms. The Balaban J connectivity index is 0.000000872. The molecule has 8 nitrogen and oxygen atoms in total. The molecule has 3 unspecified atom stereocenters. The molecule has 4 fully saturated rings. The molecule has 4 aliphatic rings. The molecule has 0 spiro atoms. The van der Waals surface area contributed by atoms with E-state index in [1.807, 2.05) is 20.8 Å². The van der Waals surface area contributed by atoms with Gasteiger partial charge in [0.1, 0.15) is 5.60 Å². The van der Waals surface area contributed by atoms with Crippen LogP contribution in [0.4, 0.5) is 22.0 Å². The van der Waals surface area contributed by atoms with Gasteiger partial charge in [-0.2, -0.15) is 22.0 Å². The Kier molecular flexibility index (Phi) is 21.1. The molecule has 0 radical (unpaired) electrons. The minimum Gasteiger partial charge on any atom is -0.743 e. The zero-order valence-electron chi connectivity index (χ0n) is 33.6. The SMILES string of the molecule is C.C.C.C.CCC(C)(C)C(=O)OC(C(F)(F)F)C(F)(F)S(=O)(=O)[O-].CCC(C)(C)C(=O)OC12CC3CC(CC(O)(C3)C1)C2.c1ccc([S+](c2ccccc2)c2ccccc2)cc1. The Morgan fingerprint density at radius 1 is 0.710 bits per heavy atom. The number of hydrogen-bond acceptors (Lipinski definition) is 8. The van der Waals surface area contributed by atoms with E-state index in [2.05, 4.69) is 95.7 Å². The van der Waals surface area contributed by atoms with E-state index in [4.69, 9.17) is 4.74 Å². The monoisotopic (exact) mass is 920 g/mol. The summed E-state index contributed by atoms with van der Waals surface area (Å²) in [7, 11) is -6.68. The average Bonchev–Trinajstić information content (AvgIpc) is 3.13. The zero-order chi connectivity index (χ0) is 43.4. The number of carbonyl (C=O) groups is 2. The molecule has 3 aromatic carbocycles. The molecule has 0 aromatic heterocycles. The average molecular weight is 921 g/mol. The Morgan fingerprint density at radius 3 is 1.37 bits per heavy atom. The van der Waals surface area contributed by atoms with Crippen LogP contribution in [0.25, 0.3) is 0 Å². The van der Waals surface area contributed by atoms with Crippen molar-refractivity contribution in [3.05, 3.63) is 91.0 Å². The first-order valence-electron chi connectivity index (χ1n) is 19.2. The number of esters is 2. The molecule has 7 rings (SSSR count). The number of rotatable bonds is 11. The highest BCUT2D eigenvalue weighted by molar-refractivity contribution is 7.97. The Bertz CT molecular complexity index is 1830. The highest BCUT2D eigenvalue weighted by Gasteiger charge is 2.63. The number of halogens is 5. The molecule has 62 heavy (non-hydrogen) atoms. The smallest absolute Gasteiger partial charge is 0.432 e. The first-order valence-corrected chi connectivity index (χ1v) is 21.9. The summed E-state index contributed by atoms with van der Waals surface area (Å²) in [6.45, 7) is 9.54. The van der Waals surface area contributed by atoms with Gasteiger partial charge < -0.3 is 19.1 Å². The molecule has 0 amide bonds. The fourth-order valence-corrected chi connectivity index (χ4v) is 10.2. The number of ether oxygens (including phenoxy) is 2. The van der Waals surface area contributed by atoms with Crippen LogP contribution in [0.1, 0.15) is 123 Å². The normalized spacial score (nSPS) is 22.0. The summed E-state index contributed by atoms with van der Waals surface area (Å²) in [5, 5.41) is 4.83. The molecule has 4 saturated carbocycles. The van der Waals surface area contributed by atoms with Crippen LogP contribution in [0.5, 0.6) is 0 Å². The summed E-state index contributed by atoms with van der Waals surface area (Å²) in [5.74, 6) is -0.654. The number of aliphatic hydroxyl groups is 1. The Hall–Kier alpha value is -3.53. The third-order valence-corrected chi connectivity index (χ3v) is 14.4. The predicted molar refractivity (Wildman–Crippen MR) is 236 cm³/mol. The van der Waals surface area contributed by atoms with Crippen LogP contribution in [-0.2, 0) is 40.1 Å². The lowest BCUT2D eigenvalue weighted by Crippen LogP contribution is -2.61. The summed E-state index contributed by atoms with van der Waals surface area (Å²) >= 11 is 0. The third-order valence-electron chi connectivity index (χ3n) is 11.3. The van der Waals surface area contributed by atoms with E-state index >= 15 is 0 Å². The van der Waals surface area contributed by atoms with Crippen molar-refractivity contribution in [3.8, 4) is 0 Å². The number of hydrogen-bond donors (Lipinski definition) is 1. The maximum atomic E-state index is 13.0. The second-order valence-corrected chi connectivity index (χ2v) is 20.3. The maximum absolute atomic E-state index is 13.0. The van der Waals surface area contributed by atoms with Crippen molar-refractivity contribution in [1.29, 1.82) is 0 Å². The first kappa shape index (κ1) is 58.5. The highest BCUT2D eigenvalue weighted by Crippen LogP contribution is 2.59. The van der Waals surface area contributed by atoms with E-state index < -0.39 is 50.1 Å². The second kappa shape index (κ2) is 22.4. The summed E-state index contributed by atoms with van der Waals surface area (Å²) < 4.78 is 104. The molecule has 4 aliphatic carbocycles. The van der Waals surface area contributed by atoms with Crippen LogP contribution in [0, 0.1) is 22.7 Å². The van der Waals surface area contributed by atoms with Crippen molar-refractivity contribution < 1.29 is 59.1 Å². The van der Waals surface area contributed by atoms with Gasteiger partial charge in [-0.15, -0.1) is 0 Å². The fraction of sp³-hybridized carbons (Fsp3) is 0.574. The van der Waals surface area contributed by atoms with Crippen LogP contribution in [-0.4, -0.2) is 58.8 Å². The van der Waals surface area contributed by atoms with E-state index in [0.717, 1.165) is 46.0 Å². The van der Waals surface area contributed by atoms with Crippen LogP contribution < -0.4 is 0 Å². The number of benzene rings is 3. The van der Waals surface area contributed by atoms with Crippen molar-refractivity contribution in [2.75, 3.05) is 0 Å². The quantitative estimate of drug-likeness (QED) is 0.0871. The van der Waals surface area contributed by atoms with E-state index in [9.17, 15) is 49.6 Å². The van der Waals surface area contributed by atoms with Crippen molar-refractivity contribution in [2.45, 2.75) is 166 Å². The summed E-state index contributed by atoms with van der Waals surface area (Å²) in [6.07, 6.45) is -3.87. The lowest BCUT2D eigenvalue weighted by Gasteiger charge is -2.59. The van der Waals surface area contributed by atoms with E-state index in [1.54, 1.807) is 0 Å². The molecule has 4 bridgehead atoms. The van der Waals surface area contributed by atoms with Crippen LogP contribution in [0.2, 0.25) is 0 Å². The van der Waals surface area contributed by atoms with Crippen LogP contribution in [0.15, 0.2) is 106 Å². The lowest BCUT2D eigenvalue weighted by molar-refractivity contribution is -0.262. The van der Waals surface area contributed by atoms with Crippen molar-refractivity contribution >= 4 is 33.0 Å². The van der Waals surface area contributed by atoms with Crippen LogP contribution in [0.3, 0.4) is 0 Å². The van der Waals surface area contributed by atoms with Gasteiger partial charge in [-0.25, -0.2) is 8.42 Å². The van der Waals surface area contributed by atoms with Crippen molar-refractivity contribution in [2.24, 2.45) is 22.7 Å². The van der Waals surface area contributed by atoms with Gasteiger partial charge in [0.15, 0.2) is 24.8 Å². The molecular formula is C47H69F5O8S2. The molecule has 352 valence electrons. The van der Waals surface area contributed by atoms with Gasteiger partial charge in [0.2, 0.25) is 0 Å². The van der Waals surface area contributed by atoms with Gasteiger partial charge >= 0.3 is 23.4 Å². The third kappa shape index (κ3) is 14.2. The Morgan fingerprint density at radius 2 is 1.06 bits per heavy atom. The summed E-state index contributed by atoms with van der Waals surface area (Å²) in [5.41, 5.74) is -2.87. The van der Waals surface area contributed by atoms with Crippen LogP contribution >= 0.6 is 0 Å². The molecule has 3 aromatic rings. The minimum absolute atomic E-state index is 0. The minimum atomic E-state index is -6.66. The molecule has 0 saturated heterocycles. The van der Waals surface area contributed by atoms with Gasteiger partial charge in [-0.3, -0.25) is 9.59 Å². The van der Waals surface area contributed by atoms with Gasteiger partial charge in [0.05, 0.1) is 27.3 Å². The molecule has 0 aliphatic heterocycles. The first-order chi connectivity index (χ1) is 26.8. The summed E-state index contributed by atoms with van der Waals surface area (Å²) in [6, 6.07) is 32.2. The number of alkyl halides is 5. The standard InChI is InChI=1S/C18H15S.C16H26O3.C9H13F5O5S.4CH4/c1-4-10-16(11-5-1)19(17-12-6-2-7-13-17)18-14-8-3-9-15-18;1-4-14(2,3)13(17)19-16-8-11-5-12(9-16)7-15(18,6-11)10-16;1-4-7(2,3)6(15)19-5(8(10,11)12)9(13,14)20(16,17)18;;;;/h1-15H;11-12,18H,4-10H2,1-3H3;5H,4H2,1-3H3,(H,16,17,18);4*1H4/q+1;;;;;;/p-1. The molecule has 1 N–H and O–H groups in total. The molecule has 3 atom stereocenters. The largest absolute Gasteiger partial charge is 0.743 e. The van der Waals surface area contributed by atoms with Gasteiger partial charge in [-0.1, -0.05) is 98.2 Å². The maximum Gasteiger partial charge on any atom is 0.432 e. The topological polar surface area (TPSA) is 130 Å². The van der Waals surface area contributed by atoms with E-state index in [-0.39, 0.29) is 58.6 Å². The van der Waals surface area contributed by atoms with Gasteiger partial charge in [0.25, 0.3) is 6.10 Å². The van der Waals surface area contributed by atoms with Gasteiger partial charge in [0, 0.05) is 6.42 Å². The zero-order valence-corrected chi connectivity index (χ0v) is 35.2. The predicted octanol–water partition coefficient (Wildman–Crippen LogP) is 12.4. The molecular weight excluding hydrogens is 852 g/mol.